The van der Waals surface area contributed by atoms with E-state index in [-0.39, 0.29) is 5.91 Å². The molecule has 0 saturated carbocycles. The number of hydrogen-bond acceptors (Lipinski definition) is 2. The van der Waals surface area contributed by atoms with Crippen LogP contribution in [0, 0.1) is 13.8 Å². The van der Waals surface area contributed by atoms with Crippen LogP contribution in [-0.4, -0.2) is 16.1 Å². The van der Waals surface area contributed by atoms with Gasteiger partial charge in [0.1, 0.15) is 5.69 Å². The highest BCUT2D eigenvalue weighted by molar-refractivity contribution is 9.10. The Morgan fingerprint density at radius 3 is 2.53 bits per heavy atom. The second-order valence-electron chi connectivity index (χ2n) is 3.85. The van der Waals surface area contributed by atoms with Crippen LogP contribution in [0.15, 0.2) is 28.9 Å². The van der Waals surface area contributed by atoms with Gasteiger partial charge in [0.25, 0.3) is 5.91 Å². The lowest BCUT2D eigenvalue weighted by molar-refractivity contribution is 0.102. The van der Waals surface area contributed by atoms with E-state index in [9.17, 15) is 4.79 Å². The Hall–Kier alpha value is -1.62. The molecular formula is C12H12BrN3O. The maximum atomic E-state index is 11.8. The average molecular weight is 294 g/mol. The van der Waals surface area contributed by atoms with E-state index >= 15 is 0 Å². The molecule has 2 rings (SSSR count). The summed E-state index contributed by atoms with van der Waals surface area (Å²) >= 11 is 3.49. The van der Waals surface area contributed by atoms with Gasteiger partial charge in [-0.05, 0) is 43.2 Å². The molecule has 1 aromatic heterocycles. The fourth-order valence-electron chi connectivity index (χ4n) is 1.60. The van der Waals surface area contributed by atoms with Crippen molar-refractivity contribution in [3.05, 3.63) is 45.7 Å². The first-order chi connectivity index (χ1) is 8.08. The third-order valence-electron chi connectivity index (χ3n) is 2.44. The molecule has 2 N–H and O–H groups in total. The number of anilines is 1. The highest BCUT2D eigenvalue weighted by Gasteiger charge is 2.08. The SMILES string of the molecule is Cc1cc(NC(=O)c2ccn[nH]2)cc(C)c1Br. The molecule has 0 radical (unpaired) electrons. The number of hydrogen-bond donors (Lipinski definition) is 2. The molecule has 1 heterocycles. The number of carbonyl (C=O) groups excluding carboxylic acids is 1. The van der Waals surface area contributed by atoms with Crippen molar-refractivity contribution in [1.29, 1.82) is 0 Å². The molecule has 0 fully saturated rings. The van der Waals surface area contributed by atoms with E-state index in [1.807, 2.05) is 26.0 Å². The fourth-order valence-corrected chi connectivity index (χ4v) is 1.83. The van der Waals surface area contributed by atoms with Crippen molar-refractivity contribution in [1.82, 2.24) is 10.2 Å². The van der Waals surface area contributed by atoms with E-state index in [1.165, 1.54) is 0 Å². The lowest BCUT2D eigenvalue weighted by atomic mass is 10.1. The molecule has 5 heteroatoms. The van der Waals surface area contributed by atoms with Crippen molar-refractivity contribution in [3.63, 3.8) is 0 Å². The standard InChI is InChI=1S/C12H12BrN3O/c1-7-5-9(6-8(2)11(7)13)15-12(17)10-3-4-14-16-10/h3-6H,1-2H3,(H,14,16)(H,15,17). The van der Waals surface area contributed by atoms with Crippen molar-refractivity contribution in [3.8, 4) is 0 Å². The summed E-state index contributed by atoms with van der Waals surface area (Å²) in [7, 11) is 0. The zero-order valence-corrected chi connectivity index (χ0v) is 11.1. The molecule has 4 nitrogen and oxygen atoms in total. The van der Waals surface area contributed by atoms with Gasteiger partial charge in [0.15, 0.2) is 0 Å². The van der Waals surface area contributed by atoms with Crippen LogP contribution in [0.25, 0.3) is 0 Å². The smallest absolute Gasteiger partial charge is 0.273 e. The second kappa shape index (κ2) is 4.71. The van der Waals surface area contributed by atoms with Gasteiger partial charge in [-0.2, -0.15) is 5.10 Å². The average Bonchev–Trinajstić information content (AvgIpc) is 2.79. The number of aromatic nitrogens is 2. The molecule has 0 atom stereocenters. The molecule has 0 bridgehead atoms. The number of aromatic amines is 1. The number of carbonyl (C=O) groups is 1. The molecule has 0 saturated heterocycles. The predicted octanol–water partition coefficient (Wildman–Crippen LogP) is 3.04. The summed E-state index contributed by atoms with van der Waals surface area (Å²) in [5, 5.41) is 9.19. The summed E-state index contributed by atoms with van der Waals surface area (Å²) in [5.74, 6) is -0.191. The number of aryl methyl sites for hydroxylation is 2. The fraction of sp³-hybridized carbons (Fsp3) is 0.167. The Morgan fingerprint density at radius 1 is 1.35 bits per heavy atom. The van der Waals surface area contributed by atoms with Crippen LogP contribution < -0.4 is 5.32 Å². The Morgan fingerprint density at radius 2 is 2.00 bits per heavy atom. The van der Waals surface area contributed by atoms with E-state index < -0.39 is 0 Å². The first-order valence-electron chi connectivity index (χ1n) is 5.15. The van der Waals surface area contributed by atoms with Crippen molar-refractivity contribution < 1.29 is 4.79 Å². The molecule has 88 valence electrons. The van der Waals surface area contributed by atoms with Gasteiger partial charge in [-0.15, -0.1) is 0 Å². The van der Waals surface area contributed by atoms with Crippen LogP contribution in [0.4, 0.5) is 5.69 Å². The molecule has 17 heavy (non-hydrogen) atoms. The molecule has 0 unspecified atom stereocenters. The Bertz CT molecular complexity index is 526. The van der Waals surface area contributed by atoms with Crippen LogP contribution in [-0.2, 0) is 0 Å². The Labute approximate surface area is 108 Å². The van der Waals surface area contributed by atoms with Gasteiger partial charge < -0.3 is 5.32 Å². The van der Waals surface area contributed by atoms with Crippen molar-refractivity contribution >= 4 is 27.5 Å². The molecule has 0 spiro atoms. The van der Waals surface area contributed by atoms with Crippen LogP contribution in [0.2, 0.25) is 0 Å². The van der Waals surface area contributed by atoms with Gasteiger partial charge in [0.05, 0.1) is 0 Å². The molecule has 1 amide bonds. The highest BCUT2D eigenvalue weighted by Crippen LogP contribution is 2.25. The summed E-state index contributed by atoms with van der Waals surface area (Å²) in [5.41, 5.74) is 3.40. The molecular weight excluding hydrogens is 282 g/mol. The topological polar surface area (TPSA) is 57.8 Å². The number of benzene rings is 1. The van der Waals surface area contributed by atoms with E-state index in [4.69, 9.17) is 0 Å². The van der Waals surface area contributed by atoms with Crippen LogP contribution >= 0.6 is 15.9 Å². The van der Waals surface area contributed by atoms with E-state index in [0.29, 0.717) is 5.69 Å². The van der Waals surface area contributed by atoms with Gasteiger partial charge in [0.2, 0.25) is 0 Å². The first kappa shape index (κ1) is 11.9. The molecule has 0 aliphatic carbocycles. The van der Waals surface area contributed by atoms with Crippen molar-refractivity contribution in [2.75, 3.05) is 5.32 Å². The Kier molecular flexibility index (Phi) is 3.28. The number of rotatable bonds is 2. The molecule has 2 aromatic rings. The van der Waals surface area contributed by atoms with Gasteiger partial charge in [-0.25, -0.2) is 0 Å². The number of H-pyrrole nitrogens is 1. The minimum atomic E-state index is -0.191. The lowest BCUT2D eigenvalue weighted by Crippen LogP contribution is -2.12. The summed E-state index contributed by atoms with van der Waals surface area (Å²) in [4.78, 5) is 11.8. The van der Waals surface area contributed by atoms with E-state index in [2.05, 4.69) is 31.4 Å². The zero-order valence-electron chi connectivity index (χ0n) is 9.54. The van der Waals surface area contributed by atoms with Gasteiger partial charge in [0, 0.05) is 16.4 Å². The molecule has 0 aliphatic heterocycles. The third-order valence-corrected chi connectivity index (χ3v) is 3.69. The van der Waals surface area contributed by atoms with Gasteiger partial charge in [-0.3, -0.25) is 9.89 Å². The summed E-state index contributed by atoms with van der Waals surface area (Å²) < 4.78 is 1.07. The maximum Gasteiger partial charge on any atom is 0.273 e. The van der Waals surface area contributed by atoms with Crippen LogP contribution in [0.5, 0.6) is 0 Å². The Balaban J connectivity index is 2.22. The van der Waals surface area contributed by atoms with E-state index in [0.717, 1.165) is 21.3 Å². The number of amides is 1. The summed E-state index contributed by atoms with van der Waals surface area (Å²) in [6.07, 6.45) is 1.55. The second-order valence-corrected chi connectivity index (χ2v) is 4.64. The highest BCUT2D eigenvalue weighted by atomic mass is 79.9. The minimum absolute atomic E-state index is 0.191. The first-order valence-corrected chi connectivity index (χ1v) is 5.94. The number of nitrogens with zero attached hydrogens (tertiary/aromatic N) is 1. The van der Waals surface area contributed by atoms with Crippen LogP contribution in [0.1, 0.15) is 21.6 Å². The van der Waals surface area contributed by atoms with E-state index in [1.54, 1.807) is 12.3 Å². The van der Waals surface area contributed by atoms with Gasteiger partial charge >= 0.3 is 0 Å². The normalized spacial score (nSPS) is 10.3. The lowest BCUT2D eigenvalue weighted by Gasteiger charge is -2.08. The largest absolute Gasteiger partial charge is 0.321 e. The maximum absolute atomic E-state index is 11.8. The zero-order chi connectivity index (χ0) is 12.4. The quantitative estimate of drug-likeness (QED) is 0.894. The van der Waals surface area contributed by atoms with Crippen molar-refractivity contribution in [2.45, 2.75) is 13.8 Å². The number of halogens is 1. The molecule has 0 aliphatic rings. The molecule has 1 aromatic carbocycles. The van der Waals surface area contributed by atoms with Crippen LogP contribution in [0.3, 0.4) is 0 Å². The third kappa shape index (κ3) is 2.55. The van der Waals surface area contributed by atoms with Gasteiger partial charge in [-0.1, -0.05) is 15.9 Å². The summed E-state index contributed by atoms with van der Waals surface area (Å²) in [6, 6.07) is 5.48. The minimum Gasteiger partial charge on any atom is -0.321 e. The summed E-state index contributed by atoms with van der Waals surface area (Å²) in [6.45, 7) is 3.98. The predicted molar refractivity (Wildman–Crippen MR) is 70.2 cm³/mol. The number of nitrogens with one attached hydrogen (secondary N) is 2. The van der Waals surface area contributed by atoms with Crippen molar-refractivity contribution in [2.24, 2.45) is 0 Å². The monoisotopic (exact) mass is 293 g/mol.